The maximum Gasteiger partial charge on any atom is 0.410 e. The lowest BCUT2D eigenvalue weighted by Gasteiger charge is -2.41. The van der Waals surface area contributed by atoms with Crippen LogP contribution in [0.4, 0.5) is 14.9 Å². The lowest BCUT2D eigenvalue weighted by atomic mass is 9.74. The van der Waals surface area contributed by atoms with E-state index in [2.05, 4.69) is 9.97 Å². The maximum absolute atomic E-state index is 14.6. The van der Waals surface area contributed by atoms with Crippen LogP contribution in [0.25, 0.3) is 21.9 Å². The molecule has 5 heterocycles. The van der Waals surface area contributed by atoms with Crippen LogP contribution in [-0.2, 0) is 26.3 Å². The fourth-order valence-corrected chi connectivity index (χ4v) is 7.15. The molecule has 1 spiro atoms. The Bertz CT molecular complexity index is 1890. The molecule has 0 radical (unpaired) electrons. The number of amides is 3. The molecule has 47 heavy (non-hydrogen) atoms. The van der Waals surface area contributed by atoms with Gasteiger partial charge in [-0.05, 0) is 75.6 Å². The van der Waals surface area contributed by atoms with Crippen molar-refractivity contribution in [2.24, 2.45) is 0 Å². The standard InChI is InChI=1S/C36H37FN6O4/c1-34(2,3)47-33(46)41(4)36(12-13-36)32(45)42-17-14-35(15-18-42)26-11-16-38-21-28(26)43(31(35)44)22-27-30(24-9-10-29(37)40-20-24)25-8-6-5-7-23(25)19-39-27/h5-11,16,19-21H,12-15,17-18,22H2,1-4H3. The molecule has 2 aliphatic heterocycles. The highest BCUT2D eigenvalue weighted by Crippen LogP contribution is 2.50. The molecule has 11 heteroatoms. The number of likely N-dealkylation sites (N-methyl/N-ethyl adjacent to an activating group) is 1. The molecule has 0 bridgehead atoms. The second-order valence-electron chi connectivity index (χ2n) is 13.8. The Labute approximate surface area is 272 Å². The van der Waals surface area contributed by atoms with Crippen LogP contribution in [-0.4, -0.2) is 73.9 Å². The molecule has 10 nitrogen and oxygen atoms in total. The number of nitrogens with zero attached hydrogens (tertiary/aromatic N) is 6. The number of carbonyl (C=O) groups excluding carboxylic acids is 3. The number of rotatable bonds is 5. The van der Waals surface area contributed by atoms with E-state index in [1.807, 2.05) is 30.3 Å². The maximum atomic E-state index is 14.6. The third kappa shape index (κ3) is 5.17. The zero-order valence-corrected chi connectivity index (χ0v) is 27.0. The summed E-state index contributed by atoms with van der Waals surface area (Å²) < 4.78 is 19.4. The number of hydrogen-bond donors (Lipinski definition) is 0. The summed E-state index contributed by atoms with van der Waals surface area (Å²) in [6.45, 7) is 6.35. The largest absolute Gasteiger partial charge is 0.444 e. The zero-order chi connectivity index (χ0) is 33.1. The molecule has 1 aliphatic carbocycles. The Morgan fingerprint density at radius 2 is 1.72 bits per heavy atom. The van der Waals surface area contributed by atoms with Crippen LogP contribution in [0.2, 0.25) is 0 Å². The predicted molar refractivity (Wildman–Crippen MR) is 174 cm³/mol. The van der Waals surface area contributed by atoms with Crippen molar-refractivity contribution in [1.29, 1.82) is 0 Å². The minimum absolute atomic E-state index is 0.0576. The van der Waals surface area contributed by atoms with Crippen LogP contribution in [0.5, 0.6) is 0 Å². The number of pyridine rings is 3. The van der Waals surface area contributed by atoms with Crippen LogP contribution in [0.3, 0.4) is 0 Å². The van der Waals surface area contributed by atoms with Crippen LogP contribution in [0.15, 0.2) is 67.3 Å². The van der Waals surface area contributed by atoms with Gasteiger partial charge in [0.05, 0.1) is 29.5 Å². The van der Waals surface area contributed by atoms with Gasteiger partial charge in [0, 0.05) is 55.2 Å². The molecule has 2 fully saturated rings. The fraction of sp³-hybridized carbons (Fsp3) is 0.389. The van der Waals surface area contributed by atoms with Gasteiger partial charge in [0.2, 0.25) is 17.8 Å². The summed E-state index contributed by atoms with van der Waals surface area (Å²) in [7, 11) is 1.63. The van der Waals surface area contributed by atoms with Gasteiger partial charge in [-0.15, -0.1) is 0 Å². The Balaban J connectivity index is 1.16. The molecule has 3 aromatic heterocycles. The molecular formula is C36H37FN6O4. The number of ether oxygens (including phenoxy) is 1. The minimum Gasteiger partial charge on any atom is -0.444 e. The third-order valence-electron chi connectivity index (χ3n) is 9.80. The zero-order valence-electron chi connectivity index (χ0n) is 27.0. The van der Waals surface area contributed by atoms with E-state index < -0.39 is 28.6 Å². The van der Waals surface area contributed by atoms with Crippen molar-refractivity contribution in [2.75, 3.05) is 25.0 Å². The first kappa shape index (κ1) is 30.7. The smallest absolute Gasteiger partial charge is 0.410 e. The van der Waals surface area contributed by atoms with E-state index in [1.54, 1.807) is 62.3 Å². The van der Waals surface area contributed by atoms with E-state index in [4.69, 9.17) is 9.72 Å². The lowest BCUT2D eigenvalue weighted by Crippen LogP contribution is -2.56. The second kappa shape index (κ2) is 11.1. The number of aromatic nitrogens is 3. The fourth-order valence-electron chi connectivity index (χ4n) is 7.15. The predicted octanol–water partition coefficient (Wildman–Crippen LogP) is 5.64. The first-order valence-corrected chi connectivity index (χ1v) is 15.9. The van der Waals surface area contributed by atoms with Crippen molar-refractivity contribution < 1.29 is 23.5 Å². The monoisotopic (exact) mass is 636 g/mol. The summed E-state index contributed by atoms with van der Waals surface area (Å²) in [5, 5.41) is 1.85. The van der Waals surface area contributed by atoms with E-state index in [0.29, 0.717) is 50.0 Å². The van der Waals surface area contributed by atoms with Crippen molar-refractivity contribution in [1.82, 2.24) is 24.8 Å². The summed E-state index contributed by atoms with van der Waals surface area (Å²) in [5.74, 6) is -0.734. The van der Waals surface area contributed by atoms with Gasteiger partial charge in [0.1, 0.15) is 11.1 Å². The number of anilines is 1. The summed E-state index contributed by atoms with van der Waals surface area (Å²) in [5.41, 5.74) is 1.37. The van der Waals surface area contributed by atoms with Crippen molar-refractivity contribution in [3.63, 3.8) is 0 Å². The number of fused-ring (bicyclic) bond motifs is 3. The number of likely N-dealkylation sites (tertiary alicyclic amines) is 1. The van der Waals surface area contributed by atoms with Gasteiger partial charge >= 0.3 is 6.09 Å². The van der Waals surface area contributed by atoms with E-state index >= 15 is 0 Å². The van der Waals surface area contributed by atoms with E-state index in [9.17, 15) is 18.8 Å². The van der Waals surface area contributed by atoms with Gasteiger partial charge in [0.15, 0.2) is 0 Å². The first-order chi connectivity index (χ1) is 22.4. The summed E-state index contributed by atoms with van der Waals surface area (Å²) in [6.07, 6.45) is 8.22. The Morgan fingerprint density at radius 3 is 2.40 bits per heavy atom. The molecule has 0 N–H and O–H groups in total. The van der Waals surface area contributed by atoms with Gasteiger partial charge in [0.25, 0.3) is 0 Å². The van der Waals surface area contributed by atoms with Gasteiger partial charge in [-0.3, -0.25) is 24.5 Å². The quantitative estimate of drug-likeness (QED) is 0.261. The summed E-state index contributed by atoms with van der Waals surface area (Å²) in [6, 6.07) is 12.7. The number of hydrogen-bond acceptors (Lipinski definition) is 7. The number of halogens is 1. The number of piperidine rings is 1. The molecule has 3 amide bonds. The molecule has 7 rings (SSSR count). The molecule has 1 saturated heterocycles. The lowest BCUT2D eigenvalue weighted by molar-refractivity contribution is -0.141. The minimum atomic E-state index is -0.909. The molecular weight excluding hydrogens is 599 g/mol. The van der Waals surface area contributed by atoms with E-state index in [1.165, 1.54) is 17.2 Å². The number of carbonyl (C=O) groups is 3. The highest BCUT2D eigenvalue weighted by Gasteiger charge is 2.59. The van der Waals surface area contributed by atoms with Crippen molar-refractivity contribution in [3.05, 3.63) is 84.5 Å². The van der Waals surface area contributed by atoms with Crippen LogP contribution in [0, 0.1) is 5.95 Å². The Kier molecular flexibility index (Phi) is 7.25. The highest BCUT2D eigenvalue weighted by atomic mass is 19.1. The van der Waals surface area contributed by atoms with Crippen molar-refractivity contribution >= 4 is 34.4 Å². The molecule has 1 saturated carbocycles. The summed E-state index contributed by atoms with van der Waals surface area (Å²) >= 11 is 0. The topological polar surface area (TPSA) is 109 Å². The average Bonchev–Trinajstić information content (AvgIpc) is 3.84. The average molecular weight is 637 g/mol. The number of benzene rings is 1. The Morgan fingerprint density at radius 1 is 0.979 bits per heavy atom. The molecule has 4 aromatic rings. The van der Waals surface area contributed by atoms with Gasteiger partial charge < -0.3 is 14.5 Å². The van der Waals surface area contributed by atoms with Gasteiger partial charge in [-0.25, -0.2) is 9.78 Å². The molecule has 0 unspecified atom stereocenters. The molecule has 3 aliphatic rings. The Hall–Kier alpha value is -4.93. The molecule has 0 atom stereocenters. The highest BCUT2D eigenvalue weighted by molar-refractivity contribution is 6.08. The second-order valence-corrected chi connectivity index (χ2v) is 13.8. The third-order valence-corrected chi connectivity index (χ3v) is 9.80. The van der Waals surface area contributed by atoms with Crippen LogP contribution in [0.1, 0.15) is 57.7 Å². The van der Waals surface area contributed by atoms with Gasteiger partial charge in [-0.2, -0.15) is 4.39 Å². The molecule has 1 aromatic carbocycles. The van der Waals surface area contributed by atoms with E-state index in [0.717, 1.165) is 27.6 Å². The van der Waals surface area contributed by atoms with E-state index in [-0.39, 0.29) is 18.4 Å². The van der Waals surface area contributed by atoms with Crippen LogP contribution >= 0.6 is 0 Å². The summed E-state index contributed by atoms with van der Waals surface area (Å²) in [4.78, 5) is 59.3. The molecule has 242 valence electrons. The SMILES string of the molecule is CN(C(=O)OC(C)(C)C)C1(C(=O)N2CCC3(CC2)C(=O)N(Cc2ncc4ccccc4c2-c2ccc(F)nc2)c2cnccc23)CC1. The first-order valence-electron chi connectivity index (χ1n) is 15.9. The van der Waals surface area contributed by atoms with Crippen LogP contribution < -0.4 is 4.90 Å². The van der Waals surface area contributed by atoms with Gasteiger partial charge in [-0.1, -0.05) is 24.3 Å². The van der Waals surface area contributed by atoms with Crippen molar-refractivity contribution in [2.45, 2.75) is 69.6 Å². The normalized spacial score (nSPS) is 17.9. The van der Waals surface area contributed by atoms with Crippen molar-refractivity contribution in [3.8, 4) is 11.1 Å².